The Morgan fingerprint density at radius 3 is 1.33 bits per heavy atom. The van der Waals surface area contributed by atoms with Crippen LogP contribution in [0.25, 0.3) is 0 Å². The summed E-state index contributed by atoms with van der Waals surface area (Å²) < 4.78 is 0. The lowest BCUT2D eigenvalue weighted by atomic mass is 9.83. The van der Waals surface area contributed by atoms with Gasteiger partial charge in [0.05, 0.1) is 0 Å². The van der Waals surface area contributed by atoms with E-state index in [1.54, 1.807) is 0 Å². The summed E-state index contributed by atoms with van der Waals surface area (Å²) in [5, 5.41) is 0. The number of hydrogen-bond donors (Lipinski definition) is 0. The quantitative estimate of drug-likeness (QED) is 0.206. The first kappa shape index (κ1) is 24.0. The third-order valence-electron chi connectivity index (χ3n) is 5.87. The van der Waals surface area contributed by atoms with E-state index in [1.807, 2.05) is 0 Å². The van der Waals surface area contributed by atoms with Crippen LogP contribution >= 0.6 is 0 Å². The van der Waals surface area contributed by atoms with Crippen LogP contribution in [0.4, 0.5) is 0 Å². The fraction of sp³-hybridized carbons (Fsp3) is 1.00. The van der Waals surface area contributed by atoms with E-state index in [0.717, 1.165) is 11.8 Å². The van der Waals surface area contributed by atoms with E-state index in [4.69, 9.17) is 0 Å². The molecule has 0 aromatic rings. The van der Waals surface area contributed by atoms with Crippen LogP contribution in [0.15, 0.2) is 0 Å². The molecule has 0 heteroatoms. The highest BCUT2D eigenvalue weighted by Gasteiger charge is 2.14. The molecule has 146 valence electrons. The molecule has 0 nitrogen and oxygen atoms in total. The Hall–Kier alpha value is 0. The molecule has 0 bridgehead atoms. The maximum Gasteiger partial charge on any atom is -0.0412 e. The smallest absolute Gasteiger partial charge is 0.0412 e. The molecule has 0 aliphatic carbocycles. The second-order valence-corrected chi connectivity index (χ2v) is 8.28. The Balaban J connectivity index is 3.84. The predicted molar refractivity (Wildman–Crippen MR) is 113 cm³/mol. The topological polar surface area (TPSA) is 0 Å². The average Bonchev–Trinajstić information content (AvgIpc) is 2.59. The van der Waals surface area contributed by atoms with E-state index in [1.165, 1.54) is 116 Å². The fourth-order valence-electron chi connectivity index (χ4n) is 4.18. The van der Waals surface area contributed by atoms with E-state index in [-0.39, 0.29) is 0 Å². The minimum Gasteiger partial charge on any atom is -0.0654 e. The molecule has 2 unspecified atom stereocenters. The second kappa shape index (κ2) is 19.3. The van der Waals surface area contributed by atoms with Crippen LogP contribution in [0.1, 0.15) is 143 Å². The third-order valence-corrected chi connectivity index (χ3v) is 5.87. The Bertz CT molecular complexity index is 220. The van der Waals surface area contributed by atoms with E-state index in [9.17, 15) is 0 Å². The third kappa shape index (κ3) is 15.5. The van der Waals surface area contributed by atoms with Crippen molar-refractivity contribution in [2.45, 2.75) is 143 Å². The predicted octanol–water partition coefficient (Wildman–Crippen LogP) is 9.32. The van der Waals surface area contributed by atoms with Crippen LogP contribution in [0.2, 0.25) is 0 Å². The van der Waals surface area contributed by atoms with Crippen molar-refractivity contribution in [3.05, 3.63) is 0 Å². The van der Waals surface area contributed by atoms with Gasteiger partial charge in [-0.25, -0.2) is 0 Å². The fourth-order valence-corrected chi connectivity index (χ4v) is 4.18. The maximum absolute atomic E-state index is 2.43. The Labute approximate surface area is 155 Å². The minimum atomic E-state index is 1.01. The monoisotopic (exact) mass is 338 g/mol. The maximum atomic E-state index is 2.43. The molecule has 0 aliphatic heterocycles. The van der Waals surface area contributed by atoms with E-state index in [0.29, 0.717) is 0 Å². The van der Waals surface area contributed by atoms with Gasteiger partial charge >= 0.3 is 0 Å². The summed E-state index contributed by atoms with van der Waals surface area (Å²) in [4.78, 5) is 0. The molecule has 0 aliphatic rings. The molecule has 0 aromatic carbocycles. The normalized spacial score (nSPS) is 14.0. The van der Waals surface area contributed by atoms with Crippen LogP contribution in [-0.4, -0.2) is 0 Å². The molecule has 0 radical (unpaired) electrons. The second-order valence-electron chi connectivity index (χ2n) is 8.28. The Morgan fingerprint density at radius 2 is 0.875 bits per heavy atom. The zero-order valence-electron chi connectivity index (χ0n) is 17.9. The van der Waals surface area contributed by atoms with Crippen molar-refractivity contribution in [2.75, 3.05) is 0 Å². The van der Waals surface area contributed by atoms with Gasteiger partial charge in [-0.2, -0.15) is 0 Å². The molecule has 0 fully saturated rings. The first-order valence-electron chi connectivity index (χ1n) is 11.8. The Morgan fingerprint density at radius 1 is 0.417 bits per heavy atom. The summed E-state index contributed by atoms with van der Waals surface area (Å²) in [7, 11) is 0. The zero-order valence-corrected chi connectivity index (χ0v) is 17.9. The number of hydrogen-bond acceptors (Lipinski definition) is 0. The van der Waals surface area contributed by atoms with Crippen molar-refractivity contribution in [3.63, 3.8) is 0 Å². The van der Waals surface area contributed by atoms with Gasteiger partial charge < -0.3 is 0 Å². The van der Waals surface area contributed by atoms with Gasteiger partial charge in [-0.1, -0.05) is 137 Å². The van der Waals surface area contributed by atoms with E-state index < -0.39 is 0 Å². The van der Waals surface area contributed by atoms with Gasteiger partial charge in [-0.05, 0) is 18.3 Å². The molecule has 0 rings (SSSR count). The molecule has 0 N–H and O–H groups in total. The summed E-state index contributed by atoms with van der Waals surface area (Å²) in [6, 6.07) is 0. The summed E-state index contributed by atoms with van der Waals surface area (Å²) in [5.74, 6) is 2.03. The molecule has 2 atom stereocenters. The first-order valence-corrected chi connectivity index (χ1v) is 11.8. The lowest BCUT2D eigenvalue weighted by Crippen LogP contribution is -2.09. The Kier molecular flexibility index (Phi) is 19.3. The van der Waals surface area contributed by atoms with E-state index >= 15 is 0 Å². The number of unbranched alkanes of at least 4 members (excludes halogenated alkanes) is 10. The van der Waals surface area contributed by atoms with Crippen molar-refractivity contribution in [1.82, 2.24) is 0 Å². The van der Waals surface area contributed by atoms with Crippen LogP contribution in [-0.2, 0) is 0 Å². The van der Waals surface area contributed by atoms with Crippen molar-refractivity contribution < 1.29 is 0 Å². The first-order chi connectivity index (χ1) is 11.8. The molecule has 0 aromatic heterocycles. The molecule has 0 saturated carbocycles. The van der Waals surface area contributed by atoms with Crippen LogP contribution < -0.4 is 0 Å². The molecule has 0 saturated heterocycles. The summed E-state index contributed by atoms with van der Waals surface area (Å²) in [6.07, 6.45) is 26.2. The molecular formula is C24H50. The van der Waals surface area contributed by atoms with Gasteiger partial charge in [0.25, 0.3) is 0 Å². The lowest BCUT2D eigenvalue weighted by Gasteiger charge is -2.23. The lowest BCUT2D eigenvalue weighted by molar-refractivity contribution is 0.298. The molecule has 0 amide bonds. The standard InChI is InChI=1S/C24H50/c1-5-9-11-13-15-17-20-23(8-4)22-24(19-7-3)21-18-16-14-12-10-6-2/h23-24H,5-22H2,1-4H3. The highest BCUT2D eigenvalue weighted by atomic mass is 14.2. The minimum absolute atomic E-state index is 1.01. The molecule has 0 spiro atoms. The highest BCUT2D eigenvalue weighted by Crippen LogP contribution is 2.28. The van der Waals surface area contributed by atoms with Gasteiger partial charge in [0.15, 0.2) is 0 Å². The SMILES string of the molecule is CCCCCCCCC(CC)CC(CCC)CCCCCCCC. The summed E-state index contributed by atoms with van der Waals surface area (Å²) in [5.41, 5.74) is 0. The average molecular weight is 339 g/mol. The summed E-state index contributed by atoms with van der Waals surface area (Å²) >= 11 is 0. The highest BCUT2D eigenvalue weighted by molar-refractivity contribution is 4.67. The van der Waals surface area contributed by atoms with Gasteiger partial charge in [0.2, 0.25) is 0 Å². The van der Waals surface area contributed by atoms with Crippen molar-refractivity contribution in [2.24, 2.45) is 11.8 Å². The van der Waals surface area contributed by atoms with Gasteiger partial charge in [-0.15, -0.1) is 0 Å². The zero-order chi connectivity index (χ0) is 17.9. The van der Waals surface area contributed by atoms with Crippen LogP contribution in [0, 0.1) is 11.8 Å². The van der Waals surface area contributed by atoms with Crippen LogP contribution in [0.5, 0.6) is 0 Å². The van der Waals surface area contributed by atoms with Crippen LogP contribution in [0.3, 0.4) is 0 Å². The summed E-state index contributed by atoms with van der Waals surface area (Å²) in [6.45, 7) is 9.43. The largest absolute Gasteiger partial charge is 0.0654 e. The van der Waals surface area contributed by atoms with Gasteiger partial charge in [0, 0.05) is 0 Å². The molecule has 0 heterocycles. The van der Waals surface area contributed by atoms with Gasteiger partial charge in [-0.3, -0.25) is 0 Å². The van der Waals surface area contributed by atoms with Crippen molar-refractivity contribution in [3.8, 4) is 0 Å². The number of rotatable bonds is 19. The molecular weight excluding hydrogens is 288 g/mol. The van der Waals surface area contributed by atoms with Crippen molar-refractivity contribution in [1.29, 1.82) is 0 Å². The molecule has 24 heavy (non-hydrogen) atoms. The van der Waals surface area contributed by atoms with E-state index in [2.05, 4.69) is 27.7 Å². The van der Waals surface area contributed by atoms with Gasteiger partial charge in [0.1, 0.15) is 0 Å². The van der Waals surface area contributed by atoms with Crippen molar-refractivity contribution >= 4 is 0 Å².